The van der Waals surface area contributed by atoms with Gasteiger partial charge in [-0.25, -0.2) is 0 Å². The van der Waals surface area contributed by atoms with E-state index in [0.29, 0.717) is 25.4 Å². The Kier molecular flexibility index (Phi) is 8.32. The van der Waals surface area contributed by atoms with Crippen LogP contribution in [0.2, 0.25) is 0 Å². The van der Waals surface area contributed by atoms with Crippen LogP contribution in [0.25, 0.3) is 0 Å². The van der Waals surface area contributed by atoms with E-state index < -0.39 is 5.97 Å². The lowest BCUT2D eigenvalue weighted by molar-refractivity contribution is -0.136. The van der Waals surface area contributed by atoms with Crippen LogP contribution in [0.3, 0.4) is 0 Å². The molecule has 0 aliphatic heterocycles. The molecule has 21 heavy (non-hydrogen) atoms. The fourth-order valence-electron chi connectivity index (χ4n) is 2.06. The Bertz CT molecular complexity index is 429. The van der Waals surface area contributed by atoms with Gasteiger partial charge in [0.25, 0.3) is 0 Å². The van der Waals surface area contributed by atoms with E-state index in [1.807, 2.05) is 25.1 Å². The maximum Gasteiger partial charge on any atom is 0.303 e. The molecule has 4 nitrogen and oxygen atoms in total. The van der Waals surface area contributed by atoms with Gasteiger partial charge in [0, 0.05) is 6.42 Å². The molecule has 4 heteroatoms. The molecule has 0 amide bonds. The van der Waals surface area contributed by atoms with Gasteiger partial charge in [-0.15, -0.1) is 0 Å². The van der Waals surface area contributed by atoms with Crippen molar-refractivity contribution in [2.24, 2.45) is 0 Å². The summed E-state index contributed by atoms with van der Waals surface area (Å²) in [5, 5.41) is 8.73. The van der Waals surface area contributed by atoms with E-state index in [-0.39, 0.29) is 6.42 Å². The largest absolute Gasteiger partial charge is 0.490 e. The molecule has 0 aliphatic rings. The number of aryl methyl sites for hydroxylation is 1. The predicted molar refractivity (Wildman–Crippen MR) is 83.2 cm³/mol. The first-order valence-electron chi connectivity index (χ1n) is 7.77. The molecule has 0 fully saturated rings. The fourth-order valence-corrected chi connectivity index (χ4v) is 2.06. The predicted octanol–water partition coefficient (Wildman–Crippen LogP) is 4.06. The van der Waals surface area contributed by atoms with Crippen molar-refractivity contribution in [1.29, 1.82) is 0 Å². The molecule has 0 heterocycles. The lowest BCUT2D eigenvalue weighted by Crippen LogP contribution is -2.02. The van der Waals surface area contributed by atoms with Crippen LogP contribution < -0.4 is 9.47 Å². The zero-order chi connectivity index (χ0) is 15.5. The Balaban J connectivity index is 2.58. The Morgan fingerprint density at radius 1 is 1.10 bits per heavy atom. The van der Waals surface area contributed by atoms with Crippen molar-refractivity contribution in [2.45, 2.75) is 52.4 Å². The summed E-state index contributed by atoms with van der Waals surface area (Å²) in [7, 11) is 0. The van der Waals surface area contributed by atoms with Crippen molar-refractivity contribution in [1.82, 2.24) is 0 Å². The summed E-state index contributed by atoms with van der Waals surface area (Å²) in [5.74, 6) is 0.660. The van der Waals surface area contributed by atoms with E-state index in [4.69, 9.17) is 14.6 Å². The highest BCUT2D eigenvalue weighted by Crippen LogP contribution is 2.29. The standard InChI is InChI=1S/C17H26O4/c1-3-5-6-7-12-21-15-10-8-14(9-11-17(18)19)13-16(15)20-4-2/h8,10,13H,3-7,9,11-12H2,1-2H3,(H,18,19). The molecule has 0 spiro atoms. The van der Waals surface area contributed by atoms with Gasteiger partial charge in [0.1, 0.15) is 0 Å². The number of unbranched alkanes of at least 4 members (excludes halogenated alkanes) is 3. The van der Waals surface area contributed by atoms with Crippen LogP contribution in [-0.4, -0.2) is 24.3 Å². The summed E-state index contributed by atoms with van der Waals surface area (Å²) in [4.78, 5) is 10.6. The molecule has 1 aromatic rings. The van der Waals surface area contributed by atoms with Crippen LogP contribution >= 0.6 is 0 Å². The molecule has 1 aromatic carbocycles. The van der Waals surface area contributed by atoms with Crippen LogP contribution in [0.15, 0.2) is 18.2 Å². The van der Waals surface area contributed by atoms with E-state index in [9.17, 15) is 4.79 Å². The van der Waals surface area contributed by atoms with Crippen LogP contribution in [0, 0.1) is 0 Å². The maximum atomic E-state index is 10.6. The number of rotatable bonds is 11. The number of carbonyl (C=O) groups is 1. The summed E-state index contributed by atoms with van der Waals surface area (Å²) >= 11 is 0. The van der Waals surface area contributed by atoms with Crippen molar-refractivity contribution in [2.75, 3.05) is 13.2 Å². The van der Waals surface area contributed by atoms with Gasteiger partial charge in [-0.1, -0.05) is 32.3 Å². The van der Waals surface area contributed by atoms with Gasteiger partial charge < -0.3 is 14.6 Å². The molecule has 1 N–H and O–H groups in total. The Morgan fingerprint density at radius 3 is 2.57 bits per heavy atom. The van der Waals surface area contributed by atoms with Crippen molar-refractivity contribution < 1.29 is 19.4 Å². The van der Waals surface area contributed by atoms with Gasteiger partial charge in [-0.3, -0.25) is 4.79 Å². The zero-order valence-corrected chi connectivity index (χ0v) is 13.1. The monoisotopic (exact) mass is 294 g/mol. The minimum Gasteiger partial charge on any atom is -0.490 e. The first-order chi connectivity index (χ1) is 10.2. The van der Waals surface area contributed by atoms with Gasteiger partial charge in [-0.2, -0.15) is 0 Å². The zero-order valence-electron chi connectivity index (χ0n) is 13.1. The summed E-state index contributed by atoms with van der Waals surface area (Å²) in [6.07, 6.45) is 5.30. The smallest absolute Gasteiger partial charge is 0.303 e. The Labute approximate surface area is 127 Å². The third-order valence-electron chi connectivity index (χ3n) is 3.19. The number of hydrogen-bond donors (Lipinski definition) is 1. The highest BCUT2D eigenvalue weighted by atomic mass is 16.5. The molecule has 0 saturated carbocycles. The third-order valence-corrected chi connectivity index (χ3v) is 3.19. The summed E-state index contributed by atoms with van der Waals surface area (Å²) in [5.41, 5.74) is 0.958. The van der Waals surface area contributed by atoms with E-state index in [0.717, 1.165) is 17.7 Å². The average Bonchev–Trinajstić information content (AvgIpc) is 2.47. The van der Waals surface area contributed by atoms with E-state index in [1.165, 1.54) is 19.3 Å². The molecule has 0 radical (unpaired) electrons. The lowest BCUT2D eigenvalue weighted by Gasteiger charge is -2.13. The quantitative estimate of drug-likeness (QED) is 0.625. The second-order valence-corrected chi connectivity index (χ2v) is 5.02. The van der Waals surface area contributed by atoms with Crippen molar-refractivity contribution >= 4 is 5.97 Å². The highest BCUT2D eigenvalue weighted by molar-refractivity contribution is 5.67. The number of benzene rings is 1. The van der Waals surface area contributed by atoms with E-state index >= 15 is 0 Å². The summed E-state index contributed by atoms with van der Waals surface area (Å²) < 4.78 is 11.4. The normalized spacial score (nSPS) is 10.4. The minimum absolute atomic E-state index is 0.128. The molecule has 0 aliphatic carbocycles. The Hall–Kier alpha value is -1.71. The SMILES string of the molecule is CCCCCCOc1ccc(CCC(=O)O)cc1OCC. The lowest BCUT2D eigenvalue weighted by atomic mass is 10.1. The van der Waals surface area contributed by atoms with E-state index in [1.54, 1.807) is 0 Å². The molecular weight excluding hydrogens is 268 g/mol. The van der Waals surface area contributed by atoms with Gasteiger partial charge in [0.15, 0.2) is 11.5 Å². The molecule has 0 aromatic heterocycles. The van der Waals surface area contributed by atoms with Crippen LogP contribution in [-0.2, 0) is 11.2 Å². The summed E-state index contributed by atoms with van der Waals surface area (Å²) in [6.45, 7) is 5.36. The van der Waals surface area contributed by atoms with Crippen LogP contribution in [0.4, 0.5) is 0 Å². The topological polar surface area (TPSA) is 55.8 Å². The number of hydrogen-bond acceptors (Lipinski definition) is 3. The molecule has 0 atom stereocenters. The van der Waals surface area contributed by atoms with Gasteiger partial charge in [0.2, 0.25) is 0 Å². The van der Waals surface area contributed by atoms with Crippen molar-refractivity contribution in [3.8, 4) is 11.5 Å². The number of carboxylic acid groups (broad SMARTS) is 1. The number of carboxylic acids is 1. The number of ether oxygens (including phenoxy) is 2. The molecular formula is C17H26O4. The van der Waals surface area contributed by atoms with Gasteiger partial charge >= 0.3 is 5.97 Å². The Morgan fingerprint density at radius 2 is 1.90 bits per heavy atom. The van der Waals surface area contributed by atoms with Gasteiger partial charge in [0.05, 0.1) is 13.2 Å². The molecule has 0 bridgehead atoms. The van der Waals surface area contributed by atoms with E-state index in [2.05, 4.69) is 6.92 Å². The average molecular weight is 294 g/mol. The molecule has 118 valence electrons. The second kappa shape index (κ2) is 10.1. The van der Waals surface area contributed by atoms with Crippen molar-refractivity contribution in [3.63, 3.8) is 0 Å². The first kappa shape index (κ1) is 17.3. The maximum absolute atomic E-state index is 10.6. The second-order valence-electron chi connectivity index (χ2n) is 5.02. The molecule has 0 unspecified atom stereocenters. The summed E-state index contributed by atoms with van der Waals surface area (Å²) in [6, 6.07) is 5.67. The van der Waals surface area contributed by atoms with Crippen LogP contribution in [0.5, 0.6) is 11.5 Å². The van der Waals surface area contributed by atoms with Crippen LogP contribution in [0.1, 0.15) is 51.5 Å². The third kappa shape index (κ3) is 7.02. The minimum atomic E-state index is -0.788. The number of aliphatic carboxylic acids is 1. The first-order valence-corrected chi connectivity index (χ1v) is 7.77. The molecule has 0 saturated heterocycles. The van der Waals surface area contributed by atoms with Gasteiger partial charge in [-0.05, 0) is 37.5 Å². The highest BCUT2D eigenvalue weighted by Gasteiger charge is 2.08. The molecule has 1 rings (SSSR count). The van der Waals surface area contributed by atoms with Crippen molar-refractivity contribution in [3.05, 3.63) is 23.8 Å². The fraction of sp³-hybridized carbons (Fsp3) is 0.588.